The Morgan fingerprint density at radius 1 is 1.41 bits per heavy atom. The summed E-state index contributed by atoms with van der Waals surface area (Å²) in [5, 5.41) is 10.9. The highest BCUT2D eigenvalue weighted by molar-refractivity contribution is 7.99. The molecule has 1 atom stereocenters. The van der Waals surface area contributed by atoms with E-state index >= 15 is 0 Å². The minimum Gasteiger partial charge on any atom is -0.301 e. The minimum atomic E-state index is -0.618. The molecule has 22 heavy (non-hydrogen) atoms. The molecule has 0 aliphatic rings. The van der Waals surface area contributed by atoms with Crippen molar-refractivity contribution in [2.45, 2.75) is 37.1 Å². The number of hydrogen-bond acceptors (Lipinski definition) is 4. The number of benzene rings is 1. The molecule has 1 aromatic heterocycles. The molecule has 2 aromatic rings. The highest BCUT2D eigenvalue weighted by Gasteiger charge is 2.21. The number of halogens is 1. The van der Waals surface area contributed by atoms with E-state index in [4.69, 9.17) is 11.6 Å². The average molecular weight is 334 g/mol. The first kappa shape index (κ1) is 16.6. The molecule has 0 amide bonds. The number of aromatic nitrogens is 2. The molecule has 0 aliphatic heterocycles. The Morgan fingerprint density at radius 2 is 2.14 bits per heavy atom. The molecule has 4 nitrogen and oxygen atoms in total. The lowest BCUT2D eigenvalue weighted by Crippen LogP contribution is -2.18. The lowest BCUT2D eigenvalue weighted by Gasteiger charge is -2.13. The number of hydrogen-bond donors (Lipinski definition) is 1. The van der Waals surface area contributed by atoms with Crippen molar-refractivity contribution in [1.82, 2.24) is 9.97 Å². The van der Waals surface area contributed by atoms with Crippen molar-refractivity contribution < 1.29 is 0 Å². The Kier molecular flexibility index (Phi) is 5.28. The second-order valence-electron chi connectivity index (χ2n) is 5.17. The molecule has 2 rings (SSSR count). The highest BCUT2D eigenvalue weighted by atomic mass is 35.5. The number of rotatable bonds is 4. The van der Waals surface area contributed by atoms with Crippen LogP contribution in [0, 0.1) is 18.3 Å². The molecule has 0 fully saturated rings. The second-order valence-corrected chi connectivity index (χ2v) is 7.17. The molecular formula is C16H16ClN3OS. The number of aromatic amines is 1. The number of nitriles is 1. The molecule has 0 bridgehead atoms. The Bertz CT molecular complexity index is 780. The molecule has 1 aromatic carbocycles. The van der Waals surface area contributed by atoms with E-state index in [2.05, 4.69) is 16.0 Å². The van der Waals surface area contributed by atoms with Crippen LogP contribution in [0.5, 0.6) is 0 Å². The molecule has 114 valence electrons. The zero-order chi connectivity index (χ0) is 16.3. The summed E-state index contributed by atoms with van der Waals surface area (Å²) in [7, 11) is 0. The number of nitrogens with one attached hydrogen (secondary N) is 1. The molecule has 0 aliphatic carbocycles. The van der Waals surface area contributed by atoms with Gasteiger partial charge in [-0.15, -0.1) is 0 Å². The van der Waals surface area contributed by atoms with Gasteiger partial charge in [0.2, 0.25) is 0 Å². The van der Waals surface area contributed by atoms with Crippen LogP contribution >= 0.6 is 23.4 Å². The largest absolute Gasteiger partial charge is 0.301 e. The van der Waals surface area contributed by atoms with E-state index in [-0.39, 0.29) is 10.8 Å². The summed E-state index contributed by atoms with van der Waals surface area (Å²) in [4.78, 5) is 19.4. The van der Waals surface area contributed by atoms with Crippen LogP contribution in [0.3, 0.4) is 0 Å². The highest BCUT2D eigenvalue weighted by Crippen LogP contribution is 2.27. The zero-order valence-corrected chi connectivity index (χ0v) is 14.1. The number of H-pyrrole nitrogens is 1. The fourth-order valence-electron chi connectivity index (χ4n) is 2.07. The first-order valence-electron chi connectivity index (χ1n) is 6.85. The molecule has 0 saturated carbocycles. The first-order valence-corrected chi connectivity index (χ1v) is 8.10. The van der Waals surface area contributed by atoms with Crippen LogP contribution in [0.4, 0.5) is 0 Å². The van der Waals surface area contributed by atoms with E-state index < -0.39 is 5.92 Å². The van der Waals surface area contributed by atoms with Crippen molar-refractivity contribution in [3.63, 3.8) is 0 Å². The summed E-state index contributed by atoms with van der Waals surface area (Å²) in [6.45, 7) is 5.71. The molecule has 1 N–H and O–H groups in total. The van der Waals surface area contributed by atoms with Crippen molar-refractivity contribution in [3.05, 3.63) is 56.5 Å². The molecule has 0 spiro atoms. The maximum Gasteiger partial charge on any atom is 0.254 e. The fraction of sp³-hybridized carbons (Fsp3) is 0.312. The third kappa shape index (κ3) is 3.70. The normalized spacial score (nSPS) is 12.2. The van der Waals surface area contributed by atoms with Gasteiger partial charge in [-0.3, -0.25) is 4.79 Å². The van der Waals surface area contributed by atoms with Crippen LogP contribution in [0.2, 0.25) is 5.02 Å². The van der Waals surface area contributed by atoms with Gasteiger partial charge in [0.15, 0.2) is 5.16 Å². The van der Waals surface area contributed by atoms with Gasteiger partial charge in [-0.05, 0) is 24.6 Å². The van der Waals surface area contributed by atoms with E-state index in [9.17, 15) is 10.1 Å². The van der Waals surface area contributed by atoms with Crippen molar-refractivity contribution in [2.24, 2.45) is 0 Å². The van der Waals surface area contributed by atoms with Gasteiger partial charge < -0.3 is 4.98 Å². The Labute approximate surface area is 138 Å². The summed E-state index contributed by atoms with van der Waals surface area (Å²) in [5.74, 6) is -0.618. The summed E-state index contributed by atoms with van der Waals surface area (Å²) >= 11 is 7.46. The second kappa shape index (κ2) is 6.99. The van der Waals surface area contributed by atoms with Gasteiger partial charge in [0, 0.05) is 15.8 Å². The molecule has 1 unspecified atom stereocenters. The molecule has 1 heterocycles. The smallest absolute Gasteiger partial charge is 0.254 e. The topological polar surface area (TPSA) is 69.5 Å². The maximum absolute atomic E-state index is 12.1. The maximum atomic E-state index is 12.1. The van der Waals surface area contributed by atoms with E-state index in [0.717, 1.165) is 5.56 Å². The predicted molar refractivity (Wildman–Crippen MR) is 89.5 cm³/mol. The van der Waals surface area contributed by atoms with Crippen LogP contribution in [-0.4, -0.2) is 15.2 Å². The Morgan fingerprint density at radius 3 is 2.73 bits per heavy atom. The monoisotopic (exact) mass is 333 g/mol. The zero-order valence-electron chi connectivity index (χ0n) is 12.6. The Balaban J connectivity index is 2.56. The summed E-state index contributed by atoms with van der Waals surface area (Å²) in [6.07, 6.45) is 0. The van der Waals surface area contributed by atoms with Crippen molar-refractivity contribution in [2.75, 3.05) is 0 Å². The van der Waals surface area contributed by atoms with Gasteiger partial charge in [-0.1, -0.05) is 49.3 Å². The van der Waals surface area contributed by atoms with Gasteiger partial charge in [0.05, 0.1) is 11.8 Å². The van der Waals surface area contributed by atoms with Crippen molar-refractivity contribution in [3.8, 4) is 6.07 Å². The standard InChI is InChI=1S/C16H16ClN3OS/c1-9(2)22-16-19-14(10(3)15(21)20-16)13(8-18)11-5-4-6-12(17)7-11/h4-7,9,13H,1-3H3,(H,19,20,21). The van der Waals surface area contributed by atoms with Crippen LogP contribution in [0.1, 0.15) is 36.6 Å². The summed E-state index contributed by atoms with van der Waals surface area (Å²) in [6, 6.07) is 9.31. The number of thioether (sulfide) groups is 1. The average Bonchev–Trinajstić information content (AvgIpc) is 2.44. The SMILES string of the molecule is Cc1c(C(C#N)c2cccc(Cl)c2)nc(SC(C)C)[nH]c1=O. The van der Waals surface area contributed by atoms with Gasteiger partial charge in [0.1, 0.15) is 5.92 Å². The predicted octanol–water partition coefficient (Wildman–Crippen LogP) is 3.89. The van der Waals surface area contributed by atoms with Crippen molar-refractivity contribution >= 4 is 23.4 Å². The third-order valence-corrected chi connectivity index (χ3v) is 4.22. The van der Waals surface area contributed by atoms with Crippen LogP contribution < -0.4 is 5.56 Å². The lowest BCUT2D eigenvalue weighted by atomic mass is 9.94. The molecule has 6 heteroatoms. The van der Waals surface area contributed by atoms with Gasteiger partial charge in [-0.2, -0.15) is 5.26 Å². The lowest BCUT2D eigenvalue weighted by molar-refractivity contribution is 0.823. The molecule has 0 saturated heterocycles. The molecule has 0 radical (unpaired) electrons. The molecular weight excluding hydrogens is 318 g/mol. The van der Waals surface area contributed by atoms with Crippen LogP contribution in [-0.2, 0) is 0 Å². The third-order valence-electron chi connectivity index (χ3n) is 3.10. The van der Waals surface area contributed by atoms with Gasteiger partial charge in [-0.25, -0.2) is 4.98 Å². The van der Waals surface area contributed by atoms with E-state index in [0.29, 0.717) is 21.4 Å². The Hall–Kier alpha value is -1.77. The first-order chi connectivity index (χ1) is 10.4. The minimum absolute atomic E-state index is 0.213. The van der Waals surface area contributed by atoms with Crippen LogP contribution in [0.25, 0.3) is 0 Å². The summed E-state index contributed by atoms with van der Waals surface area (Å²) < 4.78 is 0. The van der Waals surface area contributed by atoms with Crippen molar-refractivity contribution in [1.29, 1.82) is 5.26 Å². The number of nitrogens with zero attached hydrogens (tertiary/aromatic N) is 2. The van der Waals surface area contributed by atoms with E-state index in [1.54, 1.807) is 25.1 Å². The fourth-order valence-corrected chi connectivity index (χ4v) is 3.02. The van der Waals surface area contributed by atoms with E-state index in [1.165, 1.54) is 11.8 Å². The van der Waals surface area contributed by atoms with Crippen LogP contribution in [0.15, 0.2) is 34.2 Å². The quantitative estimate of drug-likeness (QED) is 0.680. The summed E-state index contributed by atoms with van der Waals surface area (Å²) in [5.41, 5.74) is 1.46. The van der Waals surface area contributed by atoms with Gasteiger partial charge >= 0.3 is 0 Å². The van der Waals surface area contributed by atoms with E-state index in [1.807, 2.05) is 19.9 Å². The van der Waals surface area contributed by atoms with Gasteiger partial charge in [0.25, 0.3) is 5.56 Å².